The molecule has 1 aliphatic rings. The number of piperidine rings is 1. The van der Waals surface area contributed by atoms with Crippen LogP contribution >= 0.6 is 0 Å². The molecule has 1 fully saturated rings. The minimum atomic E-state index is -0.258. The van der Waals surface area contributed by atoms with Gasteiger partial charge in [-0.3, -0.25) is 0 Å². The Kier molecular flexibility index (Phi) is 4.37. The summed E-state index contributed by atoms with van der Waals surface area (Å²) < 4.78 is 0. The van der Waals surface area contributed by atoms with Gasteiger partial charge in [-0.1, -0.05) is 67.6 Å². The van der Waals surface area contributed by atoms with Crippen LogP contribution in [-0.2, 0) is 0 Å². The third-order valence-corrected chi connectivity index (χ3v) is 4.61. The van der Waals surface area contributed by atoms with E-state index in [1.165, 1.54) is 11.1 Å². The molecule has 0 unspecified atom stereocenters. The van der Waals surface area contributed by atoms with Gasteiger partial charge in [0.2, 0.25) is 0 Å². The maximum Gasteiger partial charge on any atom is 0.0604 e. The molecule has 3 rings (SSSR count). The molecule has 21 heavy (non-hydrogen) atoms. The van der Waals surface area contributed by atoms with Crippen LogP contribution in [0.15, 0.2) is 60.7 Å². The molecular formula is C19H23NO. The molecule has 0 spiro atoms. The first-order chi connectivity index (χ1) is 10.3. The molecule has 0 radical (unpaired) electrons. The largest absolute Gasteiger partial charge is 0.393 e. The van der Waals surface area contributed by atoms with Crippen LogP contribution in [0.1, 0.15) is 43.0 Å². The van der Waals surface area contributed by atoms with Crippen LogP contribution in [0.2, 0.25) is 0 Å². The molecule has 0 saturated carbocycles. The maximum absolute atomic E-state index is 10.6. The summed E-state index contributed by atoms with van der Waals surface area (Å²) in [5.41, 5.74) is 2.52. The van der Waals surface area contributed by atoms with Crippen molar-refractivity contribution >= 4 is 0 Å². The van der Waals surface area contributed by atoms with Gasteiger partial charge in [0.1, 0.15) is 0 Å². The molecule has 2 heteroatoms. The molecule has 2 N–H and O–H groups in total. The number of aliphatic hydroxyl groups excluding tert-OH is 1. The zero-order valence-electron chi connectivity index (χ0n) is 12.4. The fraction of sp³-hybridized carbons (Fsp3) is 0.368. The van der Waals surface area contributed by atoms with Crippen LogP contribution in [0.3, 0.4) is 0 Å². The highest BCUT2D eigenvalue weighted by Crippen LogP contribution is 2.38. The van der Waals surface area contributed by atoms with Crippen LogP contribution in [0, 0.1) is 5.92 Å². The van der Waals surface area contributed by atoms with Crippen molar-refractivity contribution in [1.29, 1.82) is 0 Å². The first kappa shape index (κ1) is 14.3. The summed E-state index contributed by atoms with van der Waals surface area (Å²) in [6.07, 6.45) is 1.51. The Morgan fingerprint density at radius 1 is 0.952 bits per heavy atom. The van der Waals surface area contributed by atoms with Gasteiger partial charge in [-0.05, 0) is 24.0 Å². The van der Waals surface area contributed by atoms with E-state index in [4.69, 9.17) is 0 Å². The normalized spacial score (nSPS) is 29.2. The second-order valence-corrected chi connectivity index (χ2v) is 5.89. The molecule has 1 heterocycles. The molecule has 0 aliphatic carbocycles. The lowest BCUT2D eigenvalue weighted by Crippen LogP contribution is -2.44. The first-order valence-electron chi connectivity index (χ1n) is 7.83. The van der Waals surface area contributed by atoms with Gasteiger partial charge in [0.25, 0.3) is 0 Å². The van der Waals surface area contributed by atoms with Crippen molar-refractivity contribution in [3.05, 3.63) is 71.8 Å². The minimum absolute atomic E-state index is 0.213. The minimum Gasteiger partial charge on any atom is -0.393 e. The van der Waals surface area contributed by atoms with E-state index < -0.39 is 0 Å². The van der Waals surface area contributed by atoms with Gasteiger partial charge in [0.15, 0.2) is 0 Å². The lowest BCUT2D eigenvalue weighted by atomic mass is 9.78. The van der Waals surface area contributed by atoms with Gasteiger partial charge in [0.05, 0.1) is 6.10 Å². The van der Waals surface area contributed by atoms with E-state index in [2.05, 4.69) is 60.8 Å². The zero-order valence-corrected chi connectivity index (χ0v) is 12.4. The topological polar surface area (TPSA) is 32.3 Å². The average Bonchev–Trinajstić information content (AvgIpc) is 2.55. The molecule has 2 aromatic carbocycles. The molecular weight excluding hydrogens is 258 g/mol. The van der Waals surface area contributed by atoms with Gasteiger partial charge in [-0.15, -0.1) is 0 Å². The summed E-state index contributed by atoms with van der Waals surface area (Å²) in [7, 11) is 0. The molecule has 1 saturated heterocycles. The number of hydrogen-bond donors (Lipinski definition) is 2. The number of rotatable bonds is 3. The van der Waals surface area contributed by atoms with Crippen molar-refractivity contribution in [3.63, 3.8) is 0 Å². The lowest BCUT2D eigenvalue weighted by molar-refractivity contribution is 0.0290. The van der Waals surface area contributed by atoms with E-state index in [0.29, 0.717) is 0 Å². The summed E-state index contributed by atoms with van der Waals surface area (Å²) in [6, 6.07) is 21.4. The monoisotopic (exact) mass is 281 g/mol. The molecule has 1 aliphatic heterocycles. The van der Waals surface area contributed by atoms with Crippen LogP contribution in [-0.4, -0.2) is 11.2 Å². The number of hydrogen-bond acceptors (Lipinski definition) is 2. The smallest absolute Gasteiger partial charge is 0.0604 e. The zero-order chi connectivity index (χ0) is 14.7. The van der Waals surface area contributed by atoms with Crippen LogP contribution in [0.5, 0.6) is 0 Å². The standard InChI is InChI=1S/C19H23NO/c1-2-16-18(21)13-17(14-9-5-3-6-10-14)20-19(16)15-11-7-4-8-12-15/h3-12,16-21H,2,13H2,1H3/t16-,17-,18+,19-/m1/s1. The highest BCUT2D eigenvalue weighted by atomic mass is 16.3. The Labute approximate surface area is 126 Å². The Balaban J connectivity index is 1.89. The van der Waals surface area contributed by atoms with Gasteiger partial charge in [-0.25, -0.2) is 0 Å². The molecule has 4 atom stereocenters. The predicted octanol–water partition coefficient (Wildman–Crippen LogP) is 3.85. The van der Waals surface area contributed by atoms with Crippen molar-refractivity contribution in [2.24, 2.45) is 5.92 Å². The van der Waals surface area contributed by atoms with E-state index in [9.17, 15) is 5.11 Å². The maximum atomic E-state index is 10.6. The summed E-state index contributed by atoms with van der Waals surface area (Å²) in [6.45, 7) is 2.16. The van der Waals surface area contributed by atoms with Gasteiger partial charge < -0.3 is 10.4 Å². The molecule has 0 aromatic heterocycles. The average molecular weight is 281 g/mol. The van der Waals surface area contributed by atoms with Crippen molar-refractivity contribution in [2.75, 3.05) is 0 Å². The van der Waals surface area contributed by atoms with E-state index in [-0.39, 0.29) is 24.1 Å². The predicted molar refractivity (Wildman–Crippen MR) is 85.9 cm³/mol. The molecule has 110 valence electrons. The van der Waals surface area contributed by atoms with Gasteiger partial charge in [0, 0.05) is 18.0 Å². The van der Waals surface area contributed by atoms with E-state index in [1.807, 2.05) is 12.1 Å². The van der Waals surface area contributed by atoms with Crippen LogP contribution in [0.25, 0.3) is 0 Å². The summed E-state index contributed by atoms with van der Waals surface area (Å²) >= 11 is 0. The molecule has 2 nitrogen and oxygen atoms in total. The van der Waals surface area contributed by atoms with Crippen molar-refractivity contribution in [1.82, 2.24) is 5.32 Å². The fourth-order valence-electron chi connectivity index (χ4n) is 3.48. The van der Waals surface area contributed by atoms with E-state index >= 15 is 0 Å². The van der Waals surface area contributed by atoms with E-state index in [1.54, 1.807) is 0 Å². The Bertz CT molecular complexity index is 554. The number of nitrogens with one attached hydrogen (secondary N) is 1. The van der Waals surface area contributed by atoms with Crippen molar-refractivity contribution in [3.8, 4) is 0 Å². The fourth-order valence-corrected chi connectivity index (χ4v) is 3.48. The van der Waals surface area contributed by atoms with Gasteiger partial charge >= 0.3 is 0 Å². The number of benzene rings is 2. The Morgan fingerprint density at radius 3 is 2.10 bits per heavy atom. The Morgan fingerprint density at radius 2 is 1.52 bits per heavy atom. The third kappa shape index (κ3) is 3.02. The molecule has 0 bridgehead atoms. The SMILES string of the molecule is CC[C@H]1[C@@H](c2ccccc2)N[C@@H](c2ccccc2)C[C@@H]1O. The quantitative estimate of drug-likeness (QED) is 0.895. The van der Waals surface area contributed by atoms with E-state index in [0.717, 1.165) is 12.8 Å². The van der Waals surface area contributed by atoms with Gasteiger partial charge in [-0.2, -0.15) is 0 Å². The van der Waals surface area contributed by atoms with Crippen molar-refractivity contribution < 1.29 is 5.11 Å². The lowest BCUT2D eigenvalue weighted by Gasteiger charge is -2.41. The summed E-state index contributed by atoms with van der Waals surface area (Å²) in [5, 5.41) is 14.3. The number of aliphatic hydroxyl groups is 1. The second-order valence-electron chi connectivity index (χ2n) is 5.89. The molecule has 0 amide bonds. The summed E-state index contributed by atoms with van der Waals surface area (Å²) in [4.78, 5) is 0. The van der Waals surface area contributed by atoms with Crippen molar-refractivity contribution in [2.45, 2.75) is 38.0 Å². The van der Waals surface area contributed by atoms with Crippen LogP contribution < -0.4 is 5.32 Å². The summed E-state index contributed by atoms with van der Waals surface area (Å²) in [5.74, 6) is 0.271. The highest BCUT2D eigenvalue weighted by molar-refractivity contribution is 5.25. The Hall–Kier alpha value is -1.64. The highest BCUT2D eigenvalue weighted by Gasteiger charge is 2.36. The molecule has 2 aromatic rings. The first-order valence-corrected chi connectivity index (χ1v) is 7.83. The van der Waals surface area contributed by atoms with Crippen LogP contribution in [0.4, 0.5) is 0 Å². The second kappa shape index (κ2) is 6.42. The third-order valence-electron chi connectivity index (χ3n) is 4.61.